The average molecular weight is 237 g/mol. The van der Waals surface area contributed by atoms with E-state index in [0.29, 0.717) is 0 Å². The highest BCUT2D eigenvalue weighted by Gasteiger charge is 2.26. The normalized spacial score (nSPS) is 24.2. The maximum atomic E-state index is 11.9. The highest BCUT2D eigenvalue weighted by molar-refractivity contribution is 5.90. The quantitative estimate of drug-likeness (QED) is 0.714. The molecule has 2 unspecified atom stereocenters. The Balaban J connectivity index is 1.99. The molecule has 2 rings (SSSR count). The molecule has 1 fully saturated rings. The molecular formula is C11H19N5O. The Morgan fingerprint density at radius 2 is 2.29 bits per heavy atom. The van der Waals surface area contributed by atoms with Gasteiger partial charge >= 0.3 is 0 Å². The predicted octanol–water partition coefficient (Wildman–Crippen LogP) is 0.538. The van der Waals surface area contributed by atoms with Crippen LogP contribution in [0.4, 0.5) is 0 Å². The van der Waals surface area contributed by atoms with Gasteiger partial charge in [0.05, 0.1) is 0 Å². The first-order chi connectivity index (χ1) is 8.08. The lowest BCUT2D eigenvalue weighted by atomic mass is 10.2. The zero-order valence-corrected chi connectivity index (χ0v) is 10.2. The molecule has 0 bridgehead atoms. The lowest BCUT2D eigenvalue weighted by Crippen LogP contribution is -2.44. The standard InChI is InChI=1S/C11H19N5O/c1-6(2)9-14-10(16-15-9)11(17)13-8-5-3-4-7(8)12/h6-8H,3-5,12H2,1-2H3,(H,13,17)(H,14,15,16). The number of rotatable bonds is 3. The summed E-state index contributed by atoms with van der Waals surface area (Å²) < 4.78 is 0. The highest BCUT2D eigenvalue weighted by atomic mass is 16.2. The molecule has 1 aliphatic rings. The molecule has 4 N–H and O–H groups in total. The first-order valence-electron chi connectivity index (χ1n) is 6.06. The average Bonchev–Trinajstić information content (AvgIpc) is 2.88. The van der Waals surface area contributed by atoms with Crippen LogP contribution in [0.1, 0.15) is 55.5 Å². The highest BCUT2D eigenvalue weighted by Crippen LogP contribution is 2.17. The first-order valence-corrected chi connectivity index (χ1v) is 6.06. The number of nitrogens with one attached hydrogen (secondary N) is 2. The SMILES string of the molecule is CC(C)c1nc(C(=O)NC2CCCC2N)n[nH]1. The summed E-state index contributed by atoms with van der Waals surface area (Å²) in [6.07, 6.45) is 2.97. The van der Waals surface area contributed by atoms with Gasteiger partial charge in [-0.1, -0.05) is 13.8 Å². The number of nitrogens with two attached hydrogens (primary N) is 1. The molecule has 1 aromatic rings. The fourth-order valence-electron chi connectivity index (χ4n) is 2.03. The van der Waals surface area contributed by atoms with Gasteiger partial charge in [0.15, 0.2) is 0 Å². The lowest BCUT2D eigenvalue weighted by molar-refractivity contribution is 0.0924. The first kappa shape index (κ1) is 12.0. The van der Waals surface area contributed by atoms with Gasteiger partial charge in [0.25, 0.3) is 5.91 Å². The van der Waals surface area contributed by atoms with Crippen molar-refractivity contribution in [3.63, 3.8) is 0 Å². The summed E-state index contributed by atoms with van der Waals surface area (Å²) in [4.78, 5) is 16.0. The van der Waals surface area contributed by atoms with Crippen LogP contribution in [0.15, 0.2) is 0 Å². The molecule has 2 atom stereocenters. The van der Waals surface area contributed by atoms with Crippen molar-refractivity contribution in [2.24, 2.45) is 5.73 Å². The minimum atomic E-state index is -0.240. The van der Waals surface area contributed by atoms with Crippen molar-refractivity contribution in [1.82, 2.24) is 20.5 Å². The molecule has 6 heteroatoms. The molecular weight excluding hydrogens is 218 g/mol. The predicted molar refractivity (Wildman–Crippen MR) is 63.6 cm³/mol. The second-order valence-corrected chi connectivity index (χ2v) is 4.87. The van der Waals surface area contributed by atoms with Gasteiger partial charge in [0.2, 0.25) is 5.82 Å². The fourth-order valence-corrected chi connectivity index (χ4v) is 2.03. The Labute approximate surface area is 100 Å². The minimum absolute atomic E-state index is 0.0578. The van der Waals surface area contributed by atoms with Crippen molar-refractivity contribution in [3.05, 3.63) is 11.6 Å². The van der Waals surface area contributed by atoms with Crippen LogP contribution in [0, 0.1) is 0 Å². The van der Waals surface area contributed by atoms with Crippen LogP contribution in [0.3, 0.4) is 0 Å². The van der Waals surface area contributed by atoms with E-state index in [4.69, 9.17) is 5.73 Å². The number of H-pyrrole nitrogens is 1. The van der Waals surface area contributed by atoms with Crippen LogP contribution >= 0.6 is 0 Å². The summed E-state index contributed by atoms with van der Waals surface area (Å²) in [5.74, 6) is 0.923. The topological polar surface area (TPSA) is 96.7 Å². The smallest absolute Gasteiger partial charge is 0.291 e. The van der Waals surface area contributed by atoms with E-state index in [1.54, 1.807) is 0 Å². The van der Waals surface area contributed by atoms with Gasteiger partial charge in [0.1, 0.15) is 5.82 Å². The van der Waals surface area contributed by atoms with E-state index in [0.717, 1.165) is 25.1 Å². The van der Waals surface area contributed by atoms with E-state index in [1.165, 1.54) is 0 Å². The summed E-state index contributed by atoms with van der Waals surface area (Å²) in [7, 11) is 0. The summed E-state index contributed by atoms with van der Waals surface area (Å²) in [6, 6.07) is 0.117. The van der Waals surface area contributed by atoms with E-state index in [9.17, 15) is 4.79 Å². The van der Waals surface area contributed by atoms with Crippen LogP contribution < -0.4 is 11.1 Å². The maximum absolute atomic E-state index is 11.9. The molecule has 1 aromatic heterocycles. The van der Waals surface area contributed by atoms with E-state index in [2.05, 4.69) is 20.5 Å². The third-order valence-corrected chi connectivity index (χ3v) is 3.14. The number of hydrogen-bond acceptors (Lipinski definition) is 4. The number of aromatic nitrogens is 3. The van der Waals surface area contributed by atoms with Crippen LogP contribution in [-0.4, -0.2) is 33.2 Å². The third-order valence-electron chi connectivity index (χ3n) is 3.14. The number of hydrogen-bond donors (Lipinski definition) is 3. The molecule has 0 spiro atoms. The fraction of sp³-hybridized carbons (Fsp3) is 0.727. The number of aromatic amines is 1. The number of carbonyl (C=O) groups is 1. The maximum Gasteiger partial charge on any atom is 0.291 e. The number of carbonyl (C=O) groups excluding carboxylic acids is 1. The van der Waals surface area contributed by atoms with Crippen LogP contribution in [-0.2, 0) is 0 Å². The molecule has 94 valence electrons. The molecule has 1 saturated carbocycles. The van der Waals surface area contributed by atoms with Crippen molar-refractivity contribution in [3.8, 4) is 0 Å². The second-order valence-electron chi connectivity index (χ2n) is 4.87. The van der Waals surface area contributed by atoms with Crippen molar-refractivity contribution in [2.45, 2.75) is 51.1 Å². The van der Waals surface area contributed by atoms with E-state index < -0.39 is 0 Å². The molecule has 0 aromatic carbocycles. The third kappa shape index (κ3) is 2.63. The largest absolute Gasteiger partial charge is 0.345 e. The van der Waals surface area contributed by atoms with Crippen molar-refractivity contribution in [1.29, 1.82) is 0 Å². The summed E-state index contributed by atoms with van der Waals surface area (Å²) in [6.45, 7) is 3.99. The second kappa shape index (κ2) is 4.83. The van der Waals surface area contributed by atoms with Crippen LogP contribution in [0.2, 0.25) is 0 Å². The van der Waals surface area contributed by atoms with Crippen LogP contribution in [0.25, 0.3) is 0 Å². The van der Waals surface area contributed by atoms with E-state index in [1.807, 2.05) is 13.8 Å². The van der Waals surface area contributed by atoms with Gasteiger partial charge in [0, 0.05) is 18.0 Å². The van der Waals surface area contributed by atoms with Crippen molar-refractivity contribution >= 4 is 5.91 Å². The summed E-state index contributed by atoms with van der Waals surface area (Å²) in [5.41, 5.74) is 5.90. The van der Waals surface area contributed by atoms with Gasteiger partial charge in [-0.25, -0.2) is 4.98 Å². The molecule has 17 heavy (non-hydrogen) atoms. The number of amides is 1. The van der Waals surface area contributed by atoms with Gasteiger partial charge in [-0.3, -0.25) is 9.89 Å². The van der Waals surface area contributed by atoms with Gasteiger partial charge < -0.3 is 11.1 Å². The Kier molecular flexibility index (Phi) is 3.42. The summed E-state index contributed by atoms with van der Waals surface area (Å²) >= 11 is 0. The Morgan fingerprint density at radius 3 is 2.82 bits per heavy atom. The zero-order chi connectivity index (χ0) is 12.4. The molecule has 0 saturated heterocycles. The molecule has 1 amide bonds. The zero-order valence-electron chi connectivity index (χ0n) is 10.2. The van der Waals surface area contributed by atoms with E-state index >= 15 is 0 Å². The minimum Gasteiger partial charge on any atom is -0.345 e. The van der Waals surface area contributed by atoms with Crippen molar-refractivity contribution < 1.29 is 4.79 Å². The molecule has 1 aliphatic carbocycles. The van der Waals surface area contributed by atoms with Gasteiger partial charge in [-0.05, 0) is 19.3 Å². The lowest BCUT2D eigenvalue weighted by Gasteiger charge is -2.15. The monoisotopic (exact) mass is 237 g/mol. The molecule has 1 heterocycles. The summed E-state index contributed by atoms with van der Waals surface area (Å²) in [5, 5.41) is 9.57. The molecule has 0 aliphatic heterocycles. The van der Waals surface area contributed by atoms with Gasteiger partial charge in [-0.2, -0.15) is 0 Å². The number of nitrogens with zero attached hydrogens (tertiary/aromatic N) is 2. The van der Waals surface area contributed by atoms with E-state index in [-0.39, 0.29) is 29.7 Å². The Bertz CT molecular complexity index is 400. The Morgan fingerprint density at radius 1 is 1.53 bits per heavy atom. The van der Waals surface area contributed by atoms with Crippen molar-refractivity contribution in [2.75, 3.05) is 0 Å². The Hall–Kier alpha value is -1.43. The molecule has 0 radical (unpaired) electrons. The molecule has 6 nitrogen and oxygen atoms in total. The van der Waals surface area contributed by atoms with Crippen LogP contribution in [0.5, 0.6) is 0 Å². The van der Waals surface area contributed by atoms with Gasteiger partial charge in [-0.15, -0.1) is 5.10 Å².